The minimum absolute atomic E-state index is 0.426. The summed E-state index contributed by atoms with van der Waals surface area (Å²) in [5.41, 5.74) is 6.09. The molecule has 6 heteroatoms. The summed E-state index contributed by atoms with van der Waals surface area (Å²) in [5.74, 6) is 0.451. The van der Waals surface area contributed by atoms with Crippen molar-refractivity contribution >= 4 is 16.3 Å². The van der Waals surface area contributed by atoms with Crippen LogP contribution in [0.15, 0.2) is 24.3 Å². The molecular weight excluding hydrogens is 273 g/mol. The van der Waals surface area contributed by atoms with Gasteiger partial charge in [-0.2, -0.15) is 13.2 Å². The molecule has 1 aliphatic rings. The van der Waals surface area contributed by atoms with Crippen molar-refractivity contribution in [3.8, 4) is 11.3 Å². The number of nitrogens with two attached hydrogens (primary N) is 1. The number of nitrogen functional groups attached to an aromatic ring is 1. The number of aromatic nitrogens is 1. The lowest BCUT2D eigenvalue weighted by molar-refractivity contribution is -0.137. The van der Waals surface area contributed by atoms with E-state index in [0.29, 0.717) is 22.2 Å². The Hall–Kier alpha value is -1.56. The molecule has 2 aromatic rings. The number of benzene rings is 1. The monoisotopic (exact) mass is 284 g/mol. The maximum Gasteiger partial charge on any atom is 0.416 e. The first-order valence-corrected chi connectivity index (χ1v) is 6.70. The highest BCUT2D eigenvalue weighted by Gasteiger charge is 2.31. The summed E-state index contributed by atoms with van der Waals surface area (Å²) in [6.45, 7) is 0. The van der Waals surface area contributed by atoms with Crippen molar-refractivity contribution in [1.82, 2.24) is 4.98 Å². The molecule has 1 aromatic carbocycles. The average Bonchev–Trinajstić information content (AvgIpc) is 3.12. The second-order valence-electron chi connectivity index (χ2n) is 4.62. The third-order valence-electron chi connectivity index (χ3n) is 3.06. The first kappa shape index (κ1) is 12.5. The molecule has 0 spiro atoms. The van der Waals surface area contributed by atoms with Gasteiger partial charge in [-0.3, -0.25) is 0 Å². The molecule has 0 atom stereocenters. The van der Waals surface area contributed by atoms with Crippen LogP contribution in [-0.4, -0.2) is 4.98 Å². The van der Waals surface area contributed by atoms with Gasteiger partial charge in [-0.15, -0.1) is 11.3 Å². The molecule has 19 heavy (non-hydrogen) atoms. The lowest BCUT2D eigenvalue weighted by Crippen LogP contribution is -2.04. The van der Waals surface area contributed by atoms with Crippen molar-refractivity contribution in [3.63, 3.8) is 0 Å². The van der Waals surface area contributed by atoms with Crippen LogP contribution >= 0.6 is 11.3 Å². The van der Waals surface area contributed by atoms with Crippen LogP contribution in [0.4, 0.5) is 18.2 Å². The Morgan fingerprint density at radius 3 is 2.63 bits per heavy atom. The smallest absolute Gasteiger partial charge is 0.389 e. The minimum Gasteiger partial charge on any atom is -0.389 e. The zero-order valence-electron chi connectivity index (χ0n) is 9.87. The molecule has 100 valence electrons. The van der Waals surface area contributed by atoms with Crippen molar-refractivity contribution in [3.05, 3.63) is 34.8 Å². The Kier molecular flexibility index (Phi) is 2.78. The molecule has 1 aromatic heterocycles. The third-order valence-corrected chi connectivity index (χ3v) is 4.11. The van der Waals surface area contributed by atoms with Crippen LogP contribution in [0.25, 0.3) is 11.3 Å². The van der Waals surface area contributed by atoms with Gasteiger partial charge in [-0.25, -0.2) is 4.98 Å². The van der Waals surface area contributed by atoms with E-state index in [4.69, 9.17) is 5.73 Å². The Balaban J connectivity index is 2.01. The zero-order valence-corrected chi connectivity index (χ0v) is 10.7. The normalized spacial score (nSPS) is 15.7. The molecular formula is C13H11F3N2S. The maximum absolute atomic E-state index is 12.7. The van der Waals surface area contributed by atoms with Gasteiger partial charge in [0.05, 0.1) is 10.6 Å². The largest absolute Gasteiger partial charge is 0.416 e. The van der Waals surface area contributed by atoms with Crippen LogP contribution < -0.4 is 5.73 Å². The van der Waals surface area contributed by atoms with Gasteiger partial charge < -0.3 is 5.73 Å². The molecule has 0 amide bonds. The molecule has 3 rings (SSSR count). The van der Waals surface area contributed by atoms with Gasteiger partial charge in [0, 0.05) is 11.5 Å². The van der Waals surface area contributed by atoms with E-state index in [-0.39, 0.29) is 0 Å². The molecule has 1 saturated carbocycles. The Labute approximate surface area is 112 Å². The van der Waals surface area contributed by atoms with Crippen LogP contribution in [0.5, 0.6) is 0 Å². The first-order valence-electron chi connectivity index (χ1n) is 5.89. The van der Waals surface area contributed by atoms with Crippen molar-refractivity contribution in [1.29, 1.82) is 0 Å². The fourth-order valence-corrected chi connectivity index (χ4v) is 2.93. The van der Waals surface area contributed by atoms with E-state index in [1.54, 1.807) is 6.07 Å². The highest BCUT2D eigenvalue weighted by molar-refractivity contribution is 7.16. The van der Waals surface area contributed by atoms with Gasteiger partial charge in [0.1, 0.15) is 10.7 Å². The van der Waals surface area contributed by atoms with E-state index in [1.165, 1.54) is 17.4 Å². The van der Waals surface area contributed by atoms with Crippen LogP contribution in [0.1, 0.15) is 29.3 Å². The average molecular weight is 284 g/mol. The fourth-order valence-electron chi connectivity index (χ4n) is 1.90. The number of anilines is 1. The lowest BCUT2D eigenvalue weighted by Gasteiger charge is -2.07. The van der Waals surface area contributed by atoms with Gasteiger partial charge in [-0.05, 0) is 25.0 Å². The fraction of sp³-hybridized carbons (Fsp3) is 0.308. The number of alkyl halides is 3. The SMILES string of the molecule is Nc1sc(C2CC2)nc1-c1cccc(C(F)(F)F)c1. The molecule has 2 nitrogen and oxygen atoms in total. The van der Waals surface area contributed by atoms with Crippen molar-refractivity contribution in [2.24, 2.45) is 0 Å². The molecule has 0 saturated heterocycles. The molecule has 0 unspecified atom stereocenters. The Morgan fingerprint density at radius 2 is 2.00 bits per heavy atom. The predicted molar refractivity (Wildman–Crippen MR) is 68.9 cm³/mol. The van der Waals surface area contributed by atoms with Gasteiger partial charge in [0.25, 0.3) is 0 Å². The van der Waals surface area contributed by atoms with Crippen molar-refractivity contribution in [2.45, 2.75) is 24.9 Å². The number of halogens is 3. The van der Waals surface area contributed by atoms with Gasteiger partial charge in [-0.1, -0.05) is 12.1 Å². The summed E-state index contributed by atoms with van der Waals surface area (Å²) < 4.78 is 38.0. The third kappa shape index (κ3) is 2.45. The van der Waals surface area contributed by atoms with E-state index in [1.807, 2.05) is 0 Å². The van der Waals surface area contributed by atoms with E-state index in [9.17, 15) is 13.2 Å². The summed E-state index contributed by atoms with van der Waals surface area (Å²) in [4.78, 5) is 4.39. The number of nitrogens with zero attached hydrogens (tertiary/aromatic N) is 1. The summed E-state index contributed by atoms with van der Waals surface area (Å²) in [6.07, 6.45) is -2.16. The summed E-state index contributed by atoms with van der Waals surface area (Å²) in [7, 11) is 0. The summed E-state index contributed by atoms with van der Waals surface area (Å²) in [6, 6.07) is 5.14. The maximum atomic E-state index is 12.7. The summed E-state index contributed by atoms with van der Waals surface area (Å²) in [5, 5.41) is 1.42. The van der Waals surface area contributed by atoms with Crippen molar-refractivity contribution in [2.75, 3.05) is 5.73 Å². The quantitative estimate of drug-likeness (QED) is 0.893. The van der Waals surface area contributed by atoms with E-state index >= 15 is 0 Å². The number of hydrogen-bond acceptors (Lipinski definition) is 3. The van der Waals surface area contributed by atoms with Crippen LogP contribution in [0.3, 0.4) is 0 Å². The molecule has 0 bridgehead atoms. The number of rotatable bonds is 2. The van der Waals surface area contributed by atoms with E-state index in [2.05, 4.69) is 4.98 Å². The number of hydrogen-bond donors (Lipinski definition) is 1. The Bertz CT molecular complexity index is 615. The minimum atomic E-state index is -4.35. The van der Waals surface area contributed by atoms with Gasteiger partial charge >= 0.3 is 6.18 Å². The number of thiazole rings is 1. The van der Waals surface area contributed by atoms with E-state index in [0.717, 1.165) is 30.0 Å². The van der Waals surface area contributed by atoms with Crippen LogP contribution in [0, 0.1) is 0 Å². The van der Waals surface area contributed by atoms with Crippen LogP contribution in [-0.2, 0) is 6.18 Å². The second-order valence-corrected chi connectivity index (χ2v) is 5.68. The second kappa shape index (κ2) is 4.23. The highest BCUT2D eigenvalue weighted by Crippen LogP contribution is 2.45. The van der Waals surface area contributed by atoms with E-state index < -0.39 is 11.7 Å². The topological polar surface area (TPSA) is 38.9 Å². The lowest BCUT2D eigenvalue weighted by atomic mass is 10.1. The molecule has 0 aliphatic heterocycles. The van der Waals surface area contributed by atoms with Gasteiger partial charge in [0.2, 0.25) is 0 Å². The molecule has 2 N–H and O–H groups in total. The summed E-state index contributed by atoms with van der Waals surface area (Å²) >= 11 is 1.38. The standard InChI is InChI=1S/C13H11F3N2S/c14-13(15,16)9-3-1-2-8(6-9)10-11(17)19-12(18-10)7-4-5-7/h1-3,6-7H,4-5,17H2. The molecule has 0 radical (unpaired) electrons. The molecule has 1 heterocycles. The van der Waals surface area contributed by atoms with Gasteiger partial charge in [0.15, 0.2) is 0 Å². The molecule has 1 aliphatic carbocycles. The first-order chi connectivity index (χ1) is 8.95. The predicted octanol–water partition coefficient (Wildman–Crippen LogP) is 4.29. The van der Waals surface area contributed by atoms with Crippen molar-refractivity contribution < 1.29 is 13.2 Å². The molecule has 1 fully saturated rings. The Morgan fingerprint density at radius 1 is 1.26 bits per heavy atom. The zero-order chi connectivity index (χ0) is 13.6. The van der Waals surface area contributed by atoms with Crippen LogP contribution in [0.2, 0.25) is 0 Å². The highest BCUT2D eigenvalue weighted by atomic mass is 32.1.